The van der Waals surface area contributed by atoms with Crippen molar-refractivity contribution < 1.29 is 14.3 Å². The number of nitrogens with one attached hydrogen (secondary N) is 3. The van der Waals surface area contributed by atoms with Gasteiger partial charge in [0.2, 0.25) is 6.79 Å². The summed E-state index contributed by atoms with van der Waals surface area (Å²) in [6.45, 7) is 0.192. The first kappa shape index (κ1) is 18.1. The van der Waals surface area contributed by atoms with E-state index in [1.54, 1.807) is 24.3 Å². The van der Waals surface area contributed by atoms with Crippen LogP contribution in [0.2, 0.25) is 10.0 Å². The van der Waals surface area contributed by atoms with Gasteiger partial charge in [0.25, 0.3) is 5.91 Å². The number of thiophene rings is 1. The first-order chi connectivity index (χ1) is 13.0. The number of fused-ring (bicyclic) bond motifs is 2. The molecular weight excluding hydrogens is 429 g/mol. The molecule has 0 saturated carbocycles. The molecule has 3 N–H and O–H groups in total. The third-order valence-electron chi connectivity index (χ3n) is 3.73. The molecule has 0 radical (unpaired) electrons. The van der Waals surface area contributed by atoms with Crippen molar-refractivity contribution in [2.24, 2.45) is 0 Å². The minimum absolute atomic E-state index is 0.192. The van der Waals surface area contributed by atoms with Gasteiger partial charge in [0.15, 0.2) is 16.6 Å². The van der Waals surface area contributed by atoms with Crippen molar-refractivity contribution in [3.05, 3.63) is 51.3 Å². The second-order valence-corrected chi connectivity index (χ2v) is 7.71. The first-order valence-electron chi connectivity index (χ1n) is 7.66. The van der Waals surface area contributed by atoms with Crippen LogP contribution < -0.4 is 25.6 Å². The number of hydrogen-bond acceptors (Lipinski definition) is 5. The third kappa shape index (κ3) is 3.61. The highest BCUT2D eigenvalue weighted by Crippen LogP contribution is 2.39. The van der Waals surface area contributed by atoms with Crippen molar-refractivity contribution in [3.8, 4) is 11.5 Å². The molecule has 1 amide bonds. The topological polar surface area (TPSA) is 71.6 Å². The number of ether oxygens (including phenoxy) is 2. The van der Waals surface area contributed by atoms with Crippen molar-refractivity contribution in [2.45, 2.75) is 0 Å². The molecule has 138 valence electrons. The van der Waals surface area contributed by atoms with Crippen LogP contribution in [0.5, 0.6) is 11.5 Å². The Balaban J connectivity index is 1.41. The van der Waals surface area contributed by atoms with Crippen LogP contribution in [-0.4, -0.2) is 17.8 Å². The average molecular weight is 440 g/mol. The van der Waals surface area contributed by atoms with Gasteiger partial charge in [0.05, 0.1) is 10.0 Å². The van der Waals surface area contributed by atoms with E-state index in [2.05, 4.69) is 16.2 Å². The maximum Gasteiger partial charge on any atom is 0.281 e. The fraction of sp³-hybridized carbons (Fsp3) is 0.0588. The lowest BCUT2D eigenvalue weighted by molar-refractivity contribution is 0.0948. The van der Waals surface area contributed by atoms with Crippen LogP contribution in [-0.2, 0) is 0 Å². The molecule has 27 heavy (non-hydrogen) atoms. The normalized spacial score (nSPS) is 12.1. The van der Waals surface area contributed by atoms with Gasteiger partial charge in [-0.15, -0.1) is 11.3 Å². The Labute approximate surface area is 173 Å². The Kier molecular flexibility index (Phi) is 4.96. The highest BCUT2D eigenvalue weighted by atomic mass is 35.5. The maximum atomic E-state index is 12.4. The number of thiocarbonyl (C=S) groups is 1. The minimum atomic E-state index is -0.410. The lowest BCUT2D eigenvalue weighted by atomic mass is 10.2. The number of hydrogen-bond donors (Lipinski definition) is 3. The summed E-state index contributed by atoms with van der Waals surface area (Å²) in [7, 11) is 0. The first-order valence-corrected chi connectivity index (χ1v) is 9.64. The van der Waals surface area contributed by atoms with Gasteiger partial charge in [-0.2, -0.15) is 0 Å². The molecule has 0 aliphatic carbocycles. The van der Waals surface area contributed by atoms with Crippen LogP contribution in [0.25, 0.3) is 10.1 Å². The highest BCUT2D eigenvalue weighted by molar-refractivity contribution is 7.80. The Bertz CT molecular complexity index is 1070. The lowest BCUT2D eigenvalue weighted by Gasteiger charge is -2.11. The van der Waals surface area contributed by atoms with E-state index < -0.39 is 5.91 Å². The Morgan fingerprint density at radius 3 is 2.74 bits per heavy atom. The van der Waals surface area contributed by atoms with E-state index in [1.807, 2.05) is 12.1 Å². The highest BCUT2D eigenvalue weighted by Gasteiger charge is 2.19. The molecule has 0 spiro atoms. The Morgan fingerprint density at radius 1 is 1.11 bits per heavy atom. The van der Waals surface area contributed by atoms with E-state index in [4.69, 9.17) is 44.9 Å². The van der Waals surface area contributed by atoms with Gasteiger partial charge in [-0.1, -0.05) is 29.3 Å². The molecule has 0 unspecified atom stereocenters. The standard InChI is InChI=1S/C17H11Cl2N3O3S2/c18-9-2-1-3-12-13(9)14(19)15(27-12)16(23)21-22-17(26)20-8-4-5-10-11(6-8)25-7-24-10/h1-6H,7H2,(H,21,23)(H2,20,22,26). The number of halogens is 2. The molecule has 2 heterocycles. The van der Waals surface area contributed by atoms with Gasteiger partial charge in [-0.3, -0.25) is 15.6 Å². The monoisotopic (exact) mass is 439 g/mol. The van der Waals surface area contributed by atoms with Gasteiger partial charge in [0, 0.05) is 21.8 Å². The molecular formula is C17H11Cl2N3O3S2. The second-order valence-electron chi connectivity index (χ2n) is 5.46. The molecule has 4 rings (SSSR count). The molecule has 0 atom stereocenters. The Hall–Kier alpha value is -2.26. The molecule has 2 aromatic carbocycles. The quantitative estimate of drug-likeness (QED) is 0.401. The zero-order valence-corrected chi connectivity index (χ0v) is 16.6. The third-order valence-corrected chi connectivity index (χ3v) is 5.90. The van der Waals surface area contributed by atoms with Crippen LogP contribution in [0.15, 0.2) is 36.4 Å². The predicted molar refractivity (Wildman–Crippen MR) is 111 cm³/mol. The fourth-order valence-corrected chi connectivity index (χ4v) is 4.54. The molecule has 0 fully saturated rings. The number of carbonyl (C=O) groups is 1. The predicted octanol–water partition coefficient (Wildman–Crippen LogP) is 4.57. The largest absolute Gasteiger partial charge is 0.454 e. The molecule has 0 saturated heterocycles. The molecule has 3 aromatic rings. The van der Waals surface area contributed by atoms with Crippen molar-refractivity contribution in [1.82, 2.24) is 10.9 Å². The van der Waals surface area contributed by atoms with E-state index in [-0.39, 0.29) is 11.9 Å². The maximum absolute atomic E-state index is 12.4. The fourth-order valence-electron chi connectivity index (χ4n) is 2.52. The van der Waals surface area contributed by atoms with Crippen molar-refractivity contribution >= 4 is 73.5 Å². The Morgan fingerprint density at radius 2 is 1.93 bits per heavy atom. The van der Waals surface area contributed by atoms with Crippen LogP contribution in [0.4, 0.5) is 5.69 Å². The summed E-state index contributed by atoms with van der Waals surface area (Å²) in [5.74, 6) is 0.888. The number of carbonyl (C=O) groups excluding carboxylic acids is 1. The van der Waals surface area contributed by atoms with Gasteiger partial charge >= 0.3 is 0 Å². The van der Waals surface area contributed by atoms with E-state index in [9.17, 15) is 4.79 Å². The SMILES string of the molecule is O=C(NNC(=S)Nc1ccc2c(c1)OCO2)c1sc2cccc(Cl)c2c1Cl. The summed E-state index contributed by atoms with van der Waals surface area (Å²) in [5.41, 5.74) is 5.87. The minimum Gasteiger partial charge on any atom is -0.454 e. The van der Waals surface area contributed by atoms with Gasteiger partial charge in [-0.25, -0.2) is 0 Å². The van der Waals surface area contributed by atoms with Crippen molar-refractivity contribution in [1.29, 1.82) is 0 Å². The number of amides is 1. The smallest absolute Gasteiger partial charge is 0.281 e. The number of rotatable bonds is 2. The molecule has 1 aliphatic heterocycles. The molecule has 1 aromatic heterocycles. The number of benzene rings is 2. The van der Waals surface area contributed by atoms with Gasteiger partial charge in [0.1, 0.15) is 4.88 Å². The van der Waals surface area contributed by atoms with E-state index >= 15 is 0 Å². The van der Waals surface area contributed by atoms with E-state index in [0.29, 0.717) is 37.5 Å². The zero-order valence-electron chi connectivity index (χ0n) is 13.5. The summed E-state index contributed by atoms with van der Waals surface area (Å²) in [6.07, 6.45) is 0. The van der Waals surface area contributed by atoms with Gasteiger partial charge < -0.3 is 14.8 Å². The summed E-state index contributed by atoms with van der Waals surface area (Å²) >= 11 is 18.9. The van der Waals surface area contributed by atoms with Gasteiger partial charge in [-0.05, 0) is 36.5 Å². The zero-order chi connectivity index (χ0) is 19.0. The summed E-state index contributed by atoms with van der Waals surface area (Å²) in [5, 5.41) is 4.63. The average Bonchev–Trinajstić information content (AvgIpc) is 3.24. The van der Waals surface area contributed by atoms with Crippen LogP contribution in [0, 0.1) is 0 Å². The van der Waals surface area contributed by atoms with Crippen molar-refractivity contribution in [3.63, 3.8) is 0 Å². The summed E-state index contributed by atoms with van der Waals surface area (Å²) < 4.78 is 11.4. The van der Waals surface area contributed by atoms with Crippen LogP contribution >= 0.6 is 46.8 Å². The van der Waals surface area contributed by atoms with Crippen molar-refractivity contribution in [2.75, 3.05) is 12.1 Å². The van der Waals surface area contributed by atoms with Crippen LogP contribution in [0.1, 0.15) is 9.67 Å². The second kappa shape index (κ2) is 7.40. The summed E-state index contributed by atoms with van der Waals surface area (Å²) in [6, 6.07) is 10.7. The number of hydrazine groups is 1. The lowest BCUT2D eigenvalue weighted by Crippen LogP contribution is -2.43. The molecule has 1 aliphatic rings. The van der Waals surface area contributed by atoms with E-state index in [0.717, 1.165) is 4.70 Å². The molecule has 6 nitrogen and oxygen atoms in total. The van der Waals surface area contributed by atoms with E-state index in [1.165, 1.54) is 11.3 Å². The van der Waals surface area contributed by atoms with Crippen LogP contribution in [0.3, 0.4) is 0 Å². The summed E-state index contributed by atoms with van der Waals surface area (Å²) in [4.78, 5) is 12.8. The number of anilines is 1. The molecule has 10 heteroatoms. The molecule has 0 bridgehead atoms.